The minimum absolute atomic E-state index is 0.0469. The molecule has 1 aliphatic rings. The first kappa shape index (κ1) is 12.9. The van der Waals surface area contributed by atoms with Crippen LogP contribution < -0.4 is 10.6 Å². The third kappa shape index (κ3) is 2.44. The van der Waals surface area contributed by atoms with Crippen LogP contribution in [0.2, 0.25) is 0 Å². The summed E-state index contributed by atoms with van der Waals surface area (Å²) in [5.41, 5.74) is 6.24. The number of amides is 1. The summed E-state index contributed by atoms with van der Waals surface area (Å²) in [7, 11) is 0. The maximum Gasteiger partial charge on any atom is 0.257 e. The van der Waals surface area contributed by atoms with Crippen LogP contribution >= 0.6 is 11.3 Å². The van der Waals surface area contributed by atoms with Crippen molar-refractivity contribution in [3.8, 4) is 0 Å². The molecule has 20 heavy (non-hydrogen) atoms. The van der Waals surface area contributed by atoms with Gasteiger partial charge >= 0.3 is 0 Å². The van der Waals surface area contributed by atoms with Crippen LogP contribution in [0.5, 0.6) is 0 Å². The molecule has 0 spiro atoms. The second-order valence-electron chi connectivity index (χ2n) is 4.53. The average Bonchev–Trinajstić information content (AvgIpc) is 3.01. The highest BCUT2D eigenvalue weighted by atomic mass is 32.1. The van der Waals surface area contributed by atoms with Crippen LogP contribution in [0, 0.1) is 0 Å². The zero-order chi connectivity index (χ0) is 13.9. The number of nitrogen functional groups attached to an aromatic ring is 1. The van der Waals surface area contributed by atoms with Gasteiger partial charge < -0.3 is 15.5 Å². The molecule has 2 N–H and O–H groups in total. The van der Waals surface area contributed by atoms with Gasteiger partial charge in [-0.1, -0.05) is 0 Å². The Morgan fingerprint density at radius 2 is 2.00 bits per heavy atom. The molecule has 0 aromatic carbocycles. The van der Waals surface area contributed by atoms with Crippen LogP contribution in [0.25, 0.3) is 0 Å². The Balaban J connectivity index is 1.66. The van der Waals surface area contributed by atoms with Crippen LogP contribution in [0.3, 0.4) is 0 Å². The van der Waals surface area contributed by atoms with Crippen LogP contribution in [0.1, 0.15) is 10.4 Å². The first-order valence-corrected chi connectivity index (χ1v) is 7.28. The predicted molar refractivity (Wildman–Crippen MR) is 78.9 cm³/mol. The summed E-state index contributed by atoms with van der Waals surface area (Å²) in [5, 5.41) is 2.97. The van der Waals surface area contributed by atoms with Gasteiger partial charge in [-0.3, -0.25) is 4.79 Å². The third-order valence-corrected chi connectivity index (χ3v) is 4.16. The molecule has 1 saturated heterocycles. The van der Waals surface area contributed by atoms with Crippen LogP contribution in [0.4, 0.5) is 10.9 Å². The van der Waals surface area contributed by atoms with Crippen molar-refractivity contribution in [2.75, 3.05) is 36.8 Å². The number of thiazole rings is 1. The molecule has 0 atom stereocenters. The van der Waals surface area contributed by atoms with Crippen molar-refractivity contribution in [2.24, 2.45) is 0 Å². The molecule has 1 aliphatic heterocycles. The normalized spacial score (nSPS) is 15.4. The molecule has 6 nitrogen and oxygen atoms in total. The highest BCUT2D eigenvalue weighted by Crippen LogP contribution is 2.20. The topological polar surface area (TPSA) is 75.3 Å². The highest BCUT2D eigenvalue weighted by molar-refractivity contribution is 7.13. The Labute approximate surface area is 120 Å². The van der Waals surface area contributed by atoms with Gasteiger partial charge in [0.2, 0.25) is 0 Å². The number of aromatic nitrogens is 2. The number of piperazine rings is 1. The van der Waals surface area contributed by atoms with Gasteiger partial charge in [-0.05, 0) is 12.1 Å². The number of nitrogens with two attached hydrogens (primary N) is 1. The lowest BCUT2D eigenvalue weighted by molar-refractivity contribution is 0.0747. The molecule has 1 fully saturated rings. The summed E-state index contributed by atoms with van der Waals surface area (Å²) >= 11 is 1.62. The Morgan fingerprint density at radius 3 is 2.65 bits per heavy atom. The van der Waals surface area contributed by atoms with E-state index in [1.54, 1.807) is 35.9 Å². The van der Waals surface area contributed by atoms with Crippen molar-refractivity contribution in [3.63, 3.8) is 0 Å². The predicted octanol–water partition coefficient (Wildman–Crippen LogP) is 1.08. The molecule has 0 unspecified atom stereocenters. The molecule has 3 heterocycles. The van der Waals surface area contributed by atoms with Gasteiger partial charge in [-0.2, -0.15) is 0 Å². The Hall–Kier alpha value is -2.15. The fourth-order valence-electron chi connectivity index (χ4n) is 2.24. The Morgan fingerprint density at radius 1 is 1.20 bits per heavy atom. The summed E-state index contributed by atoms with van der Waals surface area (Å²) in [6.07, 6.45) is 3.39. The van der Waals surface area contributed by atoms with E-state index in [4.69, 9.17) is 5.73 Å². The summed E-state index contributed by atoms with van der Waals surface area (Å²) < 4.78 is 0. The first-order valence-electron chi connectivity index (χ1n) is 6.40. The fourth-order valence-corrected chi connectivity index (χ4v) is 2.94. The number of carbonyl (C=O) groups is 1. The van der Waals surface area contributed by atoms with E-state index in [2.05, 4.69) is 14.9 Å². The highest BCUT2D eigenvalue weighted by Gasteiger charge is 2.24. The number of rotatable bonds is 2. The summed E-state index contributed by atoms with van der Waals surface area (Å²) in [6, 6.07) is 3.45. The molecule has 3 rings (SSSR count). The van der Waals surface area contributed by atoms with Crippen LogP contribution in [-0.4, -0.2) is 47.0 Å². The molecule has 2 aromatic rings. The average molecular weight is 289 g/mol. The smallest absolute Gasteiger partial charge is 0.257 e. The number of carbonyl (C=O) groups excluding carboxylic acids is 1. The van der Waals surface area contributed by atoms with E-state index in [1.807, 2.05) is 10.3 Å². The van der Waals surface area contributed by atoms with E-state index in [1.165, 1.54) is 0 Å². The van der Waals surface area contributed by atoms with E-state index < -0.39 is 0 Å². The SMILES string of the molecule is Nc1ncccc1C(=O)N1CCN(c2nccs2)CC1. The van der Waals surface area contributed by atoms with Crippen LogP contribution in [-0.2, 0) is 0 Å². The quantitative estimate of drug-likeness (QED) is 0.895. The largest absolute Gasteiger partial charge is 0.383 e. The van der Waals surface area contributed by atoms with E-state index in [-0.39, 0.29) is 5.91 Å². The number of anilines is 2. The maximum atomic E-state index is 12.4. The van der Waals surface area contributed by atoms with Gasteiger partial charge in [0, 0.05) is 44.0 Å². The van der Waals surface area contributed by atoms with Gasteiger partial charge in [0.1, 0.15) is 5.82 Å². The van der Waals surface area contributed by atoms with E-state index >= 15 is 0 Å². The lowest BCUT2D eigenvalue weighted by atomic mass is 10.2. The van der Waals surface area contributed by atoms with Gasteiger partial charge in [0.15, 0.2) is 5.13 Å². The maximum absolute atomic E-state index is 12.4. The van der Waals surface area contributed by atoms with E-state index in [9.17, 15) is 4.79 Å². The lowest BCUT2D eigenvalue weighted by Crippen LogP contribution is -2.48. The number of pyridine rings is 1. The molecule has 7 heteroatoms. The fraction of sp³-hybridized carbons (Fsp3) is 0.308. The number of nitrogens with zero attached hydrogens (tertiary/aromatic N) is 4. The molecule has 0 radical (unpaired) electrons. The van der Waals surface area contributed by atoms with Gasteiger partial charge in [0.25, 0.3) is 5.91 Å². The van der Waals surface area contributed by atoms with Crippen molar-refractivity contribution < 1.29 is 4.79 Å². The molecule has 0 bridgehead atoms. The Kier molecular flexibility index (Phi) is 3.51. The first-order chi connectivity index (χ1) is 9.75. The van der Waals surface area contributed by atoms with Crippen molar-refractivity contribution in [3.05, 3.63) is 35.5 Å². The Bertz CT molecular complexity index is 593. The zero-order valence-electron chi connectivity index (χ0n) is 10.9. The minimum atomic E-state index is -0.0469. The summed E-state index contributed by atoms with van der Waals surface area (Å²) in [5.74, 6) is 0.245. The standard InChI is InChI=1S/C13H15N5OS/c14-11-10(2-1-3-15-11)12(19)17-5-7-18(8-6-17)13-16-4-9-20-13/h1-4,9H,5-8H2,(H2,14,15). The summed E-state index contributed by atoms with van der Waals surface area (Å²) in [4.78, 5) is 24.7. The van der Waals surface area contributed by atoms with E-state index in [0.29, 0.717) is 24.5 Å². The zero-order valence-corrected chi connectivity index (χ0v) is 11.7. The minimum Gasteiger partial charge on any atom is -0.383 e. The third-order valence-electron chi connectivity index (χ3n) is 3.33. The second-order valence-corrected chi connectivity index (χ2v) is 5.40. The number of hydrogen-bond acceptors (Lipinski definition) is 6. The van der Waals surface area contributed by atoms with Gasteiger partial charge in [-0.15, -0.1) is 11.3 Å². The lowest BCUT2D eigenvalue weighted by Gasteiger charge is -2.34. The molecular weight excluding hydrogens is 274 g/mol. The molecular formula is C13H15N5OS. The molecule has 2 aromatic heterocycles. The van der Waals surface area contributed by atoms with Gasteiger partial charge in [0.05, 0.1) is 5.56 Å². The molecule has 0 aliphatic carbocycles. The monoisotopic (exact) mass is 289 g/mol. The molecule has 0 saturated carbocycles. The van der Waals surface area contributed by atoms with E-state index in [0.717, 1.165) is 18.2 Å². The van der Waals surface area contributed by atoms with Gasteiger partial charge in [-0.25, -0.2) is 9.97 Å². The van der Waals surface area contributed by atoms with Crippen molar-refractivity contribution in [1.29, 1.82) is 0 Å². The number of hydrogen-bond donors (Lipinski definition) is 1. The van der Waals surface area contributed by atoms with Crippen molar-refractivity contribution in [2.45, 2.75) is 0 Å². The molecule has 104 valence electrons. The van der Waals surface area contributed by atoms with Crippen molar-refractivity contribution >= 4 is 28.2 Å². The second kappa shape index (κ2) is 5.46. The summed E-state index contributed by atoms with van der Waals surface area (Å²) in [6.45, 7) is 2.93. The molecule has 1 amide bonds. The van der Waals surface area contributed by atoms with Crippen LogP contribution in [0.15, 0.2) is 29.9 Å². The van der Waals surface area contributed by atoms with Crippen molar-refractivity contribution in [1.82, 2.24) is 14.9 Å².